The molecule has 66 valence electrons. The summed E-state index contributed by atoms with van der Waals surface area (Å²) < 4.78 is 0. The molecule has 11 heavy (non-hydrogen) atoms. The van der Waals surface area contributed by atoms with Gasteiger partial charge in [-0.2, -0.15) is 0 Å². The third kappa shape index (κ3) is 2.80. The molecule has 1 saturated heterocycles. The summed E-state index contributed by atoms with van der Waals surface area (Å²) in [6.07, 6.45) is 2.64. The summed E-state index contributed by atoms with van der Waals surface area (Å²) in [5.74, 6) is 0. The molecule has 0 aromatic heterocycles. The van der Waals surface area contributed by atoms with E-state index in [4.69, 9.17) is 0 Å². The molecule has 2 N–H and O–H groups in total. The molecular formula is C9H20N2. The van der Waals surface area contributed by atoms with E-state index in [0.717, 1.165) is 0 Å². The molecule has 2 atom stereocenters. The van der Waals surface area contributed by atoms with Crippen LogP contribution in [0.25, 0.3) is 0 Å². The normalized spacial score (nSPS) is 32.7. The molecule has 0 saturated carbocycles. The molecule has 1 fully saturated rings. The zero-order valence-corrected chi connectivity index (χ0v) is 7.85. The third-order valence-electron chi connectivity index (χ3n) is 2.31. The SMILES string of the molecule is CC(C)N[C@@H]1CCCN[C@H]1C. The van der Waals surface area contributed by atoms with Gasteiger partial charge >= 0.3 is 0 Å². The van der Waals surface area contributed by atoms with E-state index in [-0.39, 0.29) is 0 Å². The van der Waals surface area contributed by atoms with Crippen LogP contribution < -0.4 is 10.6 Å². The van der Waals surface area contributed by atoms with E-state index in [1.807, 2.05) is 0 Å². The van der Waals surface area contributed by atoms with Gasteiger partial charge in [0.1, 0.15) is 0 Å². The molecule has 0 bridgehead atoms. The predicted molar refractivity (Wildman–Crippen MR) is 48.8 cm³/mol. The summed E-state index contributed by atoms with van der Waals surface area (Å²) in [4.78, 5) is 0. The van der Waals surface area contributed by atoms with Gasteiger partial charge in [0.05, 0.1) is 0 Å². The van der Waals surface area contributed by atoms with Gasteiger partial charge in [0.15, 0.2) is 0 Å². The molecule has 0 amide bonds. The molecule has 1 heterocycles. The lowest BCUT2D eigenvalue weighted by Crippen LogP contribution is -2.51. The second-order valence-electron chi connectivity index (χ2n) is 3.81. The molecule has 1 aliphatic rings. The smallest absolute Gasteiger partial charge is 0.0221 e. The van der Waals surface area contributed by atoms with Crippen LogP contribution in [-0.2, 0) is 0 Å². The third-order valence-corrected chi connectivity index (χ3v) is 2.31. The predicted octanol–water partition coefficient (Wildman–Crippen LogP) is 1.12. The Bertz CT molecular complexity index is 112. The first-order chi connectivity index (χ1) is 5.20. The van der Waals surface area contributed by atoms with Crippen LogP contribution in [0.4, 0.5) is 0 Å². The van der Waals surface area contributed by atoms with Crippen LogP contribution in [0.5, 0.6) is 0 Å². The Balaban J connectivity index is 2.29. The first-order valence-corrected chi connectivity index (χ1v) is 4.69. The van der Waals surface area contributed by atoms with Crippen LogP contribution in [0.3, 0.4) is 0 Å². The zero-order chi connectivity index (χ0) is 8.27. The molecule has 0 aliphatic carbocycles. The minimum atomic E-state index is 0.613. The van der Waals surface area contributed by atoms with Crippen molar-refractivity contribution in [1.29, 1.82) is 0 Å². The van der Waals surface area contributed by atoms with E-state index in [2.05, 4.69) is 31.4 Å². The highest BCUT2D eigenvalue weighted by Crippen LogP contribution is 2.08. The van der Waals surface area contributed by atoms with Gasteiger partial charge in [-0.15, -0.1) is 0 Å². The molecule has 0 radical (unpaired) electrons. The van der Waals surface area contributed by atoms with Crippen molar-refractivity contribution in [2.75, 3.05) is 6.54 Å². The lowest BCUT2D eigenvalue weighted by Gasteiger charge is -2.32. The summed E-state index contributed by atoms with van der Waals surface area (Å²) in [6.45, 7) is 7.87. The van der Waals surface area contributed by atoms with Crippen LogP contribution in [0, 0.1) is 0 Å². The van der Waals surface area contributed by atoms with Crippen LogP contribution >= 0.6 is 0 Å². The molecule has 1 rings (SSSR count). The Morgan fingerprint density at radius 1 is 1.45 bits per heavy atom. The van der Waals surface area contributed by atoms with Crippen molar-refractivity contribution >= 4 is 0 Å². The quantitative estimate of drug-likeness (QED) is 0.626. The summed E-state index contributed by atoms with van der Waals surface area (Å²) in [5, 5.41) is 7.04. The average Bonchev–Trinajstić information content (AvgIpc) is 1.93. The standard InChI is InChI=1S/C9H20N2/c1-7(2)11-9-5-4-6-10-8(9)3/h7-11H,4-6H2,1-3H3/t8-,9+/m0/s1. The van der Waals surface area contributed by atoms with Gasteiger partial charge in [-0.1, -0.05) is 13.8 Å². The summed E-state index contributed by atoms with van der Waals surface area (Å²) >= 11 is 0. The highest BCUT2D eigenvalue weighted by Gasteiger charge is 2.20. The lowest BCUT2D eigenvalue weighted by molar-refractivity contribution is 0.301. The van der Waals surface area contributed by atoms with Crippen LogP contribution in [0.1, 0.15) is 33.6 Å². The van der Waals surface area contributed by atoms with E-state index in [0.29, 0.717) is 18.1 Å². The maximum atomic E-state index is 3.57. The Morgan fingerprint density at radius 3 is 2.73 bits per heavy atom. The van der Waals surface area contributed by atoms with Gasteiger partial charge in [-0.05, 0) is 26.3 Å². The molecule has 0 spiro atoms. The van der Waals surface area contributed by atoms with Gasteiger partial charge in [0.2, 0.25) is 0 Å². The molecule has 0 unspecified atom stereocenters. The number of hydrogen-bond acceptors (Lipinski definition) is 2. The minimum Gasteiger partial charge on any atom is -0.313 e. The van der Waals surface area contributed by atoms with Crippen molar-refractivity contribution in [3.63, 3.8) is 0 Å². The van der Waals surface area contributed by atoms with Crippen molar-refractivity contribution in [2.24, 2.45) is 0 Å². The first-order valence-electron chi connectivity index (χ1n) is 4.69. The van der Waals surface area contributed by atoms with Crippen LogP contribution in [0.15, 0.2) is 0 Å². The fourth-order valence-electron chi connectivity index (χ4n) is 1.70. The second-order valence-corrected chi connectivity index (χ2v) is 3.81. The molecule has 0 aromatic rings. The Hall–Kier alpha value is -0.0800. The molecule has 1 aliphatic heterocycles. The highest BCUT2D eigenvalue weighted by atomic mass is 15.0. The number of piperidine rings is 1. The Morgan fingerprint density at radius 2 is 2.18 bits per heavy atom. The van der Waals surface area contributed by atoms with E-state index in [1.165, 1.54) is 19.4 Å². The van der Waals surface area contributed by atoms with Crippen molar-refractivity contribution in [2.45, 2.75) is 51.7 Å². The van der Waals surface area contributed by atoms with Gasteiger partial charge < -0.3 is 10.6 Å². The van der Waals surface area contributed by atoms with E-state index in [9.17, 15) is 0 Å². The van der Waals surface area contributed by atoms with Crippen molar-refractivity contribution in [1.82, 2.24) is 10.6 Å². The van der Waals surface area contributed by atoms with Gasteiger partial charge in [0.25, 0.3) is 0 Å². The minimum absolute atomic E-state index is 0.613. The van der Waals surface area contributed by atoms with Crippen LogP contribution in [-0.4, -0.2) is 24.7 Å². The fourth-order valence-corrected chi connectivity index (χ4v) is 1.70. The number of nitrogens with one attached hydrogen (secondary N) is 2. The van der Waals surface area contributed by atoms with E-state index in [1.54, 1.807) is 0 Å². The van der Waals surface area contributed by atoms with Crippen LogP contribution in [0.2, 0.25) is 0 Å². The van der Waals surface area contributed by atoms with Crippen molar-refractivity contribution in [3.05, 3.63) is 0 Å². The highest BCUT2D eigenvalue weighted by molar-refractivity contribution is 4.83. The largest absolute Gasteiger partial charge is 0.313 e. The van der Waals surface area contributed by atoms with Crippen molar-refractivity contribution < 1.29 is 0 Å². The van der Waals surface area contributed by atoms with Gasteiger partial charge in [0, 0.05) is 18.1 Å². The maximum Gasteiger partial charge on any atom is 0.0221 e. The Labute approximate surface area is 69.8 Å². The van der Waals surface area contributed by atoms with Gasteiger partial charge in [-0.25, -0.2) is 0 Å². The zero-order valence-electron chi connectivity index (χ0n) is 7.85. The fraction of sp³-hybridized carbons (Fsp3) is 1.00. The lowest BCUT2D eigenvalue weighted by atomic mass is 9.99. The topological polar surface area (TPSA) is 24.1 Å². The summed E-state index contributed by atoms with van der Waals surface area (Å²) in [7, 11) is 0. The molecular weight excluding hydrogens is 136 g/mol. The van der Waals surface area contributed by atoms with Gasteiger partial charge in [-0.3, -0.25) is 0 Å². The maximum absolute atomic E-state index is 3.57. The Kier molecular flexibility index (Phi) is 3.34. The summed E-state index contributed by atoms with van der Waals surface area (Å²) in [6, 6.07) is 1.94. The molecule has 2 nitrogen and oxygen atoms in total. The first kappa shape index (κ1) is 9.01. The monoisotopic (exact) mass is 156 g/mol. The molecule has 2 heteroatoms. The van der Waals surface area contributed by atoms with E-state index >= 15 is 0 Å². The molecule has 0 aromatic carbocycles. The average molecular weight is 156 g/mol. The number of rotatable bonds is 2. The second kappa shape index (κ2) is 4.07. The van der Waals surface area contributed by atoms with Crippen molar-refractivity contribution in [3.8, 4) is 0 Å². The summed E-state index contributed by atoms with van der Waals surface area (Å²) in [5.41, 5.74) is 0. The number of hydrogen-bond donors (Lipinski definition) is 2. The van der Waals surface area contributed by atoms with E-state index < -0.39 is 0 Å².